The average molecular weight is 181 g/mol. The Bertz CT molecular complexity index is 30.1. The molecule has 7 heteroatoms. The Morgan fingerprint density at radius 1 is 0.545 bits per heavy atom. The van der Waals surface area contributed by atoms with Crippen molar-refractivity contribution in [2.45, 2.75) is 0 Å². The molecular weight excluding hydrogens is 158 g/mol. The maximum Gasteiger partial charge on any atom is 0.0675 e. The number of hydrogen-bond donors (Lipinski definition) is 0. The van der Waals surface area contributed by atoms with E-state index in [1.807, 2.05) is 0 Å². The molecule has 0 amide bonds. The molecule has 0 atom stereocenters. The fourth-order valence-corrected chi connectivity index (χ4v) is 0. The van der Waals surface area contributed by atoms with Gasteiger partial charge in [-0.1, -0.05) is 0 Å². The Kier molecular flexibility index (Phi) is 150. The molecule has 80 valence electrons. The average Bonchev–Trinajstić information content (AvgIpc) is 0.722. The van der Waals surface area contributed by atoms with Crippen LogP contribution in [-0.2, 0) is 0 Å². The first-order valence-corrected chi connectivity index (χ1v) is 1.79. The molecule has 7 nitrogen and oxygen atoms in total. The third-order valence-corrected chi connectivity index (χ3v) is 0. The molecule has 0 fully saturated rings. The Labute approximate surface area is 66.7 Å². The van der Waals surface area contributed by atoms with E-state index >= 15 is 0 Å². The van der Waals surface area contributed by atoms with Crippen LogP contribution in [0.3, 0.4) is 0 Å². The Morgan fingerprint density at radius 2 is 0.545 bits per heavy atom. The fourth-order valence-electron chi connectivity index (χ4n) is 0. The van der Waals surface area contributed by atoms with Crippen LogP contribution in [0.2, 0.25) is 0 Å². The van der Waals surface area contributed by atoms with Crippen LogP contribution >= 0.6 is 0 Å². The lowest BCUT2D eigenvalue weighted by atomic mass is 10.8. The molecule has 0 saturated carbocycles. The smallest absolute Gasteiger partial charge is 0.0675 e. The number of nitrogens with zero attached hydrogens (tertiary/aromatic N) is 1. The zero-order valence-electron chi connectivity index (χ0n) is 7.39. The highest BCUT2D eigenvalue weighted by molar-refractivity contribution is 3.87. The van der Waals surface area contributed by atoms with Crippen molar-refractivity contribution in [3.63, 3.8) is 0 Å². The molecule has 0 aliphatic carbocycles. The van der Waals surface area contributed by atoms with Crippen molar-refractivity contribution in [1.82, 2.24) is 0 Å². The Hall–Kier alpha value is -0.280. The molecule has 0 aromatic carbocycles. The van der Waals surface area contributed by atoms with Crippen molar-refractivity contribution in [2.75, 3.05) is 28.2 Å². The second-order valence-corrected chi connectivity index (χ2v) is 2.68. The van der Waals surface area contributed by atoms with Crippen molar-refractivity contribution in [2.24, 2.45) is 0 Å². The second kappa shape index (κ2) is 22.6. The zero-order chi connectivity index (χ0) is 4.50. The van der Waals surface area contributed by atoms with Gasteiger partial charge >= 0.3 is 0 Å². The summed E-state index contributed by atoms with van der Waals surface area (Å²) in [5, 5.41) is 0. The molecule has 0 aliphatic heterocycles. The predicted octanol–water partition coefficient (Wildman–Crippen LogP) is -3.98. The third kappa shape index (κ3) is 7390. The zero-order valence-corrected chi connectivity index (χ0v) is 7.39. The summed E-state index contributed by atoms with van der Waals surface area (Å²) in [4.78, 5) is 0. The minimum absolute atomic E-state index is 0. The minimum atomic E-state index is 0. The first-order chi connectivity index (χ1) is 2.00. The van der Waals surface area contributed by atoms with Gasteiger partial charge in [0.05, 0.1) is 28.2 Å². The van der Waals surface area contributed by atoms with Crippen LogP contribution in [0.5, 0.6) is 0 Å². The number of quaternary nitrogens is 1. The van der Waals surface area contributed by atoms with Crippen LogP contribution in [-0.4, -0.2) is 65.5 Å². The van der Waals surface area contributed by atoms with Gasteiger partial charge in [0.25, 0.3) is 0 Å². The first kappa shape index (κ1) is 73.2. The fraction of sp³-hybridized carbons (Fsp3) is 1.00. The van der Waals surface area contributed by atoms with E-state index in [1.165, 1.54) is 0 Å². The maximum absolute atomic E-state index is 2.12. The molecule has 11 N–H and O–H groups in total. The summed E-state index contributed by atoms with van der Waals surface area (Å²) < 4.78 is 1.00. The van der Waals surface area contributed by atoms with Gasteiger partial charge in [0.15, 0.2) is 0 Å². The van der Waals surface area contributed by atoms with Crippen LogP contribution in [0.15, 0.2) is 0 Å². The molecule has 0 heterocycles. The van der Waals surface area contributed by atoms with Crippen LogP contribution < -0.4 is 0 Å². The van der Waals surface area contributed by atoms with Gasteiger partial charge < -0.3 is 37.3 Å². The quantitative estimate of drug-likeness (QED) is 0.339. The van der Waals surface area contributed by atoms with E-state index in [-0.39, 0.29) is 32.9 Å². The van der Waals surface area contributed by atoms with E-state index < -0.39 is 0 Å². The lowest BCUT2D eigenvalue weighted by Gasteiger charge is -2.14. The highest BCUT2D eigenvalue weighted by Gasteiger charge is 1.88. The van der Waals surface area contributed by atoms with Crippen molar-refractivity contribution < 1.29 is 37.3 Å². The molecule has 0 saturated heterocycles. The van der Waals surface area contributed by atoms with Gasteiger partial charge in [-0.05, 0) is 0 Å². The van der Waals surface area contributed by atoms with Crippen molar-refractivity contribution >= 4 is 0 Å². The summed E-state index contributed by atoms with van der Waals surface area (Å²) in [6.07, 6.45) is 0. The van der Waals surface area contributed by atoms with Crippen molar-refractivity contribution in [3.05, 3.63) is 0 Å². The normalized spacial score (nSPS) is 5.45. The van der Waals surface area contributed by atoms with Crippen LogP contribution in [0.1, 0.15) is 0 Å². The van der Waals surface area contributed by atoms with Crippen LogP contribution in [0.4, 0.5) is 0 Å². The van der Waals surface area contributed by atoms with E-state index in [0.29, 0.717) is 0 Å². The summed E-state index contributed by atoms with van der Waals surface area (Å²) >= 11 is 0. The molecule has 0 bridgehead atoms. The van der Waals surface area contributed by atoms with Gasteiger partial charge in [-0.2, -0.15) is 0 Å². The summed E-state index contributed by atoms with van der Waals surface area (Å²) in [6.45, 7) is 0. The monoisotopic (exact) mass is 181 g/mol. The van der Waals surface area contributed by atoms with E-state index in [2.05, 4.69) is 28.2 Å². The standard InChI is InChI=1S/C4H12N.6H2O/c1-5(2,3)4;;;;;;/h1-4H3;6*1H2/q+1;;;;;;/p-1. The Balaban J connectivity index is -0.00000000533. The molecule has 0 aliphatic rings. The summed E-state index contributed by atoms with van der Waals surface area (Å²) in [6, 6.07) is 0. The van der Waals surface area contributed by atoms with E-state index in [0.717, 1.165) is 4.48 Å². The number of rotatable bonds is 0. The molecule has 0 aromatic rings. The summed E-state index contributed by atoms with van der Waals surface area (Å²) in [7, 11) is 8.50. The largest absolute Gasteiger partial charge is 0.870 e. The van der Waals surface area contributed by atoms with Gasteiger partial charge in [-0.25, -0.2) is 0 Å². The van der Waals surface area contributed by atoms with E-state index in [1.54, 1.807) is 0 Å². The maximum atomic E-state index is 2.12. The van der Waals surface area contributed by atoms with Crippen molar-refractivity contribution in [3.8, 4) is 0 Å². The van der Waals surface area contributed by atoms with Crippen LogP contribution in [0.25, 0.3) is 0 Å². The van der Waals surface area contributed by atoms with Gasteiger partial charge in [0.2, 0.25) is 0 Å². The van der Waals surface area contributed by atoms with Gasteiger partial charge in [0, 0.05) is 0 Å². The lowest BCUT2D eigenvalue weighted by molar-refractivity contribution is -0.849. The predicted molar refractivity (Wildman–Crippen MR) is 44.0 cm³/mol. The van der Waals surface area contributed by atoms with Gasteiger partial charge in [-0.3, -0.25) is 0 Å². The summed E-state index contributed by atoms with van der Waals surface area (Å²) in [5.74, 6) is 0. The van der Waals surface area contributed by atoms with Crippen LogP contribution in [0, 0.1) is 0 Å². The molecule has 11 heavy (non-hydrogen) atoms. The molecule has 0 rings (SSSR count). The lowest BCUT2D eigenvalue weighted by Crippen LogP contribution is -2.27. The highest BCUT2D eigenvalue weighted by Crippen LogP contribution is 1.73. The van der Waals surface area contributed by atoms with Gasteiger partial charge in [-0.15, -0.1) is 0 Å². The topological polar surface area (TPSA) is 188 Å². The molecule has 0 radical (unpaired) electrons. The van der Waals surface area contributed by atoms with Gasteiger partial charge in [0.1, 0.15) is 0 Å². The number of hydrogen-bond acceptors (Lipinski definition) is 1. The second-order valence-electron chi connectivity index (χ2n) is 2.68. The molecular formula is C4H23NO6. The molecule has 0 unspecified atom stereocenters. The van der Waals surface area contributed by atoms with E-state index in [9.17, 15) is 0 Å². The molecule has 0 spiro atoms. The molecule has 0 aromatic heterocycles. The Morgan fingerprint density at radius 3 is 0.545 bits per heavy atom. The highest BCUT2D eigenvalue weighted by atomic mass is 16.0. The third-order valence-electron chi connectivity index (χ3n) is 0. The van der Waals surface area contributed by atoms with Crippen molar-refractivity contribution in [1.29, 1.82) is 0 Å². The first-order valence-electron chi connectivity index (χ1n) is 1.79. The summed E-state index contributed by atoms with van der Waals surface area (Å²) in [5.41, 5.74) is 0. The van der Waals surface area contributed by atoms with E-state index in [4.69, 9.17) is 0 Å². The minimum Gasteiger partial charge on any atom is -0.870 e. The SMILES string of the molecule is C[N+](C)(C)C.O.O.O.O.O.[OH-].